The predicted molar refractivity (Wildman–Crippen MR) is 114 cm³/mol. The van der Waals surface area contributed by atoms with E-state index in [0.29, 0.717) is 25.1 Å². The summed E-state index contributed by atoms with van der Waals surface area (Å²) in [5.41, 5.74) is 2.85. The van der Waals surface area contributed by atoms with Crippen LogP contribution in [0.15, 0.2) is 53.6 Å². The third kappa shape index (κ3) is 4.95. The lowest BCUT2D eigenvalue weighted by Crippen LogP contribution is -2.26. The molecule has 0 radical (unpaired) electrons. The second kappa shape index (κ2) is 8.65. The standard InChI is InChI=1S/C21H25N3O4S/c1-4-21(25)24-19(17-11-6-7-12-20(17)28-5-2)14-18(22-24)15-9-8-10-16(13-15)23-29(3,26)27/h6-13,19,23H,4-5,14H2,1-3H3. The lowest BCUT2D eigenvalue weighted by molar-refractivity contribution is -0.132. The number of para-hydroxylation sites is 1. The van der Waals surface area contributed by atoms with Crippen molar-refractivity contribution >= 4 is 27.3 Å². The Morgan fingerprint density at radius 3 is 2.66 bits per heavy atom. The van der Waals surface area contributed by atoms with Crippen molar-refractivity contribution < 1.29 is 17.9 Å². The average Bonchev–Trinajstić information content (AvgIpc) is 3.12. The van der Waals surface area contributed by atoms with E-state index < -0.39 is 10.0 Å². The van der Waals surface area contributed by atoms with Gasteiger partial charge >= 0.3 is 0 Å². The van der Waals surface area contributed by atoms with Crippen molar-refractivity contribution in [3.63, 3.8) is 0 Å². The van der Waals surface area contributed by atoms with Crippen LogP contribution in [0.5, 0.6) is 5.75 Å². The van der Waals surface area contributed by atoms with Gasteiger partial charge in [-0.2, -0.15) is 5.10 Å². The molecule has 154 valence electrons. The number of hydrogen-bond donors (Lipinski definition) is 1. The van der Waals surface area contributed by atoms with E-state index in [-0.39, 0.29) is 11.9 Å². The minimum Gasteiger partial charge on any atom is -0.494 e. The van der Waals surface area contributed by atoms with Crippen LogP contribution in [0.1, 0.15) is 43.9 Å². The van der Waals surface area contributed by atoms with Crippen LogP contribution in [0.25, 0.3) is 0 Å². The number of carbonyl (C=O) groups is 1. The topological polar surface area (TPSA) is 88.1 Å². The van der Waals surface area contributed by atoms with Crippen LogP contribution in [-0.2, 0) is 14.8 Å². The maximum Gasteiger partial charge on any atom is 0.242 e. The van der Waals surface area contributed by atoms with Gasteiger partial charge in [-0.25, -0.2) is 13.4 Å². The number of carbonyl (C=O) groups excluding carboxylic acids is 1. The van der Waals surface area contributed by atoms with Gasteiger partial charge < -0.3 is 4.74 Å². The molecule has 1 amide bonds. The first-order valence-corrected chi connectivity index (χ1v) is 11.4. The van der Waals surface area contributed by atoms with Gasteiger partial charge in [0.05, 0.1) is 24.6 Å². The number of rotatable bonds is 7. The highest BCUT2D eigenvalue weighted by Gasteiger charge is 2.34. The Balaban J connectivity index is 1.97. The lowest BCUT2D eigenvalue weighted by Gasteiger charge is -2.23. The highest BCUT2D eigenvalue weighted by atomic mass is 32.2. The van der Waals surface area contributed by atoms with Crippen molar-refractivity contribution in [1.82, 2.24) is 5.01 Å². The summed E-state index contributed by atoms with van der Waals surface area (Å²) in [5, 5.41) is 6.11. The Morgan fingerprint density at radius 2 is 1.97 bits per heavy atom. The molecule has 0 saturated heterocycles. The van der Waals surface area contributed by atoms with Gasteiger partial charge in [0.2, 0.25) is 15.9 Å². The van der Waals surface area contributed by atoms with Gasteiger partial charge in [0, 0.05) is 24.1 Å². The van der Waals surface area contributed by atoms with Gasteiger partial charge in [-0.15, -0.1) is 0 Å². The minimum absolute atomic E-state index is 0.0817. The van der Waals surface area contributed by atoms with Crippen LogP contribution >= 0.6 is 0 Å². The van der Waals surface area contributed by atoms with E-state index in [9.17, 15) is 13.2 Å². The van der Waals surface area contributed by atoms with Crippen molar-refractivity contribution in [2.75, 3.05) is 17.6 Å². The molecule has 0 aromatic heterocycles. The fraction of sp³-hybridized carbons (Fsp3) is 0.333. The number of amides is 1. The van der Waals surface area contributed by atoms with Crippen LogP contribution < -0.4 is 9.46 Å². The number of sulfonamides is 1. The van der Waals surface area contributed by atoms with Crippen LogP contribution in [0.2, 0.25) is 0 Å². The normalized spacial score (nSPS) is 16.4. The van der Waals surface area contributed by atoms with Gasteiger partial charge in [-0.1, -0.05) is 37.3 Å². The molecule has 8 heteroatoms. The highest BCUT2D eigenvalue weighted by molar-refractivity contribution is 7.92. The van der Waals surface area contributed by atoms with E-state index in [1.165, 1.54) is 5.01 Å². The summed E-state index contributed by atoms with van der Waals surface area (Å²) in [4.78, 5) is 12.6. The number of hydrazone groups is 1. The molecular formula is C21H25N3O4S. The van der Waals surface area contributed by atoms with Crippen molar-refractivity contribution in [3.8, 4) is 5.75 Å². The Labute approximate surface area is 171 Å². The fourth-order valence-corrected chi connectivity index (χ4v) is 3.89. The number of ether oxygens (including phenoxy) is 1. The third-order valence-electron chi connectivity index (χ3n) is 4.55. The van der Waals surface area contributed by atoms with Gasteiger partial charge in [0.15, 0.2) is 0 Å². The molecule has 0 saturated carbocycles. The summed E-state index contributed by atoms with van der Waals surface area (Å²) in [6.45, 7) is 4.25. The highest BCUT2D eigenvalue weighted by Crippen LogP contribution is 2.38. The number of nitrogens with one attached hydrogen (secondary N) is 1. The molecule has 0 bridgehead atoms. The number of nitrogens with zero attached hydrogens (tertiary/aromatic N) is 2. The molecule has 1 heterocycles. The monoisotopic (exact) mass is 415 g/mol. The molecule has 2 aromatic rings. The summed E-state index contributed by atoms with van der Waals surface area (Å²) in [6.07, 6.45) is 1.95. The fourth-order valence-electron chi connectivity index (χ4n) is 3.34. The zero-order valence-corrected chi connectivity index (χ0v) is 17.6. The second-order valence-electron chi connectivity index (χ2n) is 6.78. The van der Waals surface area contributed by atoms with Gasteiger partial charge in [0.25, 0.3) is 0 Å². The van der Waals surface area contributed by atoms with E-state index in [1.54, 1.807) is 25.1 Å². The summed E-state index contributed by atoms with van der Waals surface area (Å²) >= 11 is 0. The SMILES string of the molecule is CCOc1ccccc1C1CC(c2cccc(NS(C)(=O)=O)c2)=NN1C(=O)CC. The molecule has 3 rings (SSSR count). The van der Waals surface area contributed by atoms with E-state index in [0.717, 1.165) is 28.8 Å². The summed E-state index contributed by atoms with van der Waals surface area (Å²) < 4.78 is 31.3. The predicted octanol–water partition coefficient (Wildman–Crippen LogP) is 3.54. The molecular weight excluding hydrogens is 390 g/mol. The van der Waals surface area contributed by atoms with E-state index in [4.69, 9.17) is 4.74 Å². The Morgan fingerprint density at radius 1 is 1.21 bits per heavy atom. The smallest absolute Gasteiger partial charge is 0.242 e. The maximum atomic E-state index is 12.6. The summed E-state index contributed by atoms with van der Waals surface area (Å²) in [7, 11) is -3.38. The maximum absolute atomic E-state index is 12.6. The van der Waals surface area contributed by atoms with E-state index >= 15 is 0 Å². The van der Waals surface area contributed by atoms with E-state index in [1.807, 2.05) is 37.3 Å². The van der Waals surface area contributed by atoms with Gasteiger partial charge in [-0.3, -0.25) is 9.52 Å². The van der Waals surface area contributed by atoms with E-state index in [2.05, 4.69) is 9.82 Å². The zero-order valence-electron chi connectivity index (χ0n) is 16.8. The number of anilines is 1. The van der Waals surface area contributed by atoms with Crippen molar-refractivity contribution in [2.45, 2.75) is 32.7 Å². The Bertz CT molecular complexity index is 1030. The lowest BCUT2D eigenvalue weighted by atomic mass is 9.97. The molecule has 1 aliphatic heterocycles. The van der Waals surface area contributed by atoms with Crippen molar-refractivity contribution in [3.05, 3.63) is 59.7 Å². The van der Waals surface area contributed by atoms with Crippen molar-refractivity contribution in [2.24, 2.45) is 5.10 Å². The Kier molecular flexibility index (Phi) is 6.22. The molecule has 0 aliphatic carbocycles. The number of benzene rings is 2. The molecule has 1 aliphatic rings. The zero-order chi connectivity index (χ0) is 21.0. The summed E-state index contributed by atoms with van der Waals surface area (Å²) in [6, 6.07) is 14.4. The van der Waals surface area contributed by atoms with Crippen LogP contribution in [-0.4, -0.2) is 37.9 Å². The minimum atomic E-state index is -3.38. The first kappa shape index (κ1) is 20.9. The molecule has 1 N–H and O–H groups in total. The Hall–Kier alpha value is -2.87. The average molecular weight is 416 g/mol. The quantitative estimate of drug-likeness (QED) is 0.749. The first-order chi connectivity index (χ1) is 13.8. The second-order valence-corrected chi connectivity index (χ2v) is 8.53. The number of hydrogen-bond acceptors (Lipinski definition) is 5. The van der Waals surface area contributed by atoms with Crippen molar-refractivity contribution in [1.29, 1.82) is 0 Å². The molecule has 0 fully saturated rings. The molecule has 1 unspecified atom stereocenters. The first-order valence-electron chi connectivity index (χ1n) is 9.52. The third-order valence-corrected chi connectivity index (χ3v) is 5.15. The largest absolute Gasteiger partial charge is 0.494 e. The van der Waals surface area contributed by atoms with Crippen LogP contribution in [0.4, 0.5) is 5.69 Å². The van der Waals surface area contributed by atoms with Crippen LogP contribution in [0.3, 0.4) is 0 Å². The van der Waals surface area contributed by atoms with Crippen LogP contribution in [0, 0.1) is 0 Å². The molecule has 1 atom stereocenters. The molecule has 2 aromatic carbocycles. The molecule has 29 heavy (non-hydrogen) atoms. The summed E-state index contributed by atoms with van der Waals surface area (Å²) in [5.74, 6) is 0.652. The molecule has 7 nitrogen and oxygen atoms in total. The van der Waals surface area contributed by atoms with Gasteiger partial charge in [-0.05, 0) is 30.7 Å². The molecule has 0 spiro atoms. The van der Waals surface area contributed by atoms with Gasteiger partial charge in [0.1, 0.15) is 5.75 Å².